The first-order chi connectivity index (χ1) is 15.9. The van der Waals surface area contributed by atoms with Crippen LogP contribution in [0.1, 0.15) is 30.1 Å². The smallest absolute Gasteiger partial charge is 0.313 e. The van der Waals surface area contributed by atoms with Crippen molar-refractivity contribution in [1.29, 1.82) is 0 Å². The highest BCUT2D eigenvalue weighted by Gasteiger charge is 2.30. The van der Waals surface area contributed by atoms with Gasteiger partial charge in [-0.15, -0.1) is 11.3 Å². The molecule has 0 aliphatic carbocycles. The van der Waals surface area contributed by atoms with Crippen LogP contribution in [0, 0.1) is 0 Å². The molecule has 0 saturated heterocycles. The number of furan rings is 1. The fraction of sp³-hybridized carbons (Fsp3) is 0.273. The lowest BCUT2D eigenvalue weighted by Gasteiger charge is -2.30. The lowest BCUT2D eigenvalue weighted by molar-refractivity contribution is -0.136. The molecule has 4 rings (SSSR count). The van der Waals surface area contributed by atoms with Crippen molar-refractivity contribution in [2.24, 2.45) is 0 Å². The fourth-order valence-corrected chi connectivity index (χ4v) is 6.25. The minimum absolute atomic E-state index is 0.0929. The van der Waals surface area contributed by atoms with Crippen LogP contribution in [-0.2, 0) is 26.0 Å². The summed E-state index contributed by atoms with van der Waals surface area (Å²) >= 11 is 1.15. The zero-order chi connectivity index (χ0) is 23.4. The molecular weight excluding hydrogens is 466 g/mol. The highest BCUT2D eigenvalue weighted by Crippen LogP contribution is 2.35. The summed E-state index contributed by atoms with van der Waals surface area (Å²) in [6, 6.07) is 9.86. The van der Waals surface area contributed by atoms with Gasteiger partial charge in [0, 0.05) is 24.3 Å². The standard InChI is InChI=1S/C22H23N3O6S2/c26-19(16-8-11-31-14-16)7-9-23-21(27)22(28)24-17-6-5-15-3-1-10-25(18(15)13-17)33(29,30)20-4-2-12-32-20/h2,4-6,8,11-14,19,26H,1,3,7,9-10H2,(H,23,27)(H,24,28). The Hall–Kier alpha value is -3.15. The quantitative estimate of drug-likeness (QED) is 0.438. The summed E-state index contributed by atoms with van der Waals surface area (Å²) in [6.45, 7) is 0.430. The normalized spacial score (nSPS) is 14.4. The van der Waals surface area contributed by atoms with Gasteiger partial charge in [-0.3, -0.25) is 13.9 Å². The number of carbonyl (C=O) groups excluding carboxylic acids is 2. The zero-order valence-electron chi connectivity index (χ0n) is 17.6. The van der Waals surface area contributed by atoms with Crippen molar-refractivity contribution < 1.29 is 27.5 Å². The summed E-state index contributed by atoms with van der Waals surface area (Å²) in [7, 11) is -3.70. The summed E-state index contributed by atoms with van der Waals surface area (Å²) in [4.78, 5) is 24.5. The first kappa shape index (κ1) is 23.0. The molecule has 2 amide bonds. The van der Waals surface area contributed by atoms with E-state index in [9.17, 15) is 23.1 Å². The molecule has 1 unspecified atom stereocenters. The highest BCUT2D eigenvalue weighted by molar-refractivity contribution is 7.94. The Morgan fingerprint density at radius 1 is 1.21 bits per heavy atom. The molecule has 0 fully saturated rings. The molecule has 1 atom stereocenters. The number of aliphatic hydroxyl groups excluding tert-OH is 1. The summed E-state index contributed by atoms with van der Waals surface area (Å²) in [5.41, 5.74) is 2.26. The Kier molecular flexibility index (Phi) is 6.82. The van der Waals surface area contributed by atoms with E-state index in [1.807, 2.05) is 0 Å². The van der Waals surface area contributed by atoms with Gasteiger partial charge in [-0.05, 0) is 54.5 Å². The number of hydrogen-bond acceptors (Lipinski definition) is 7. The van der Waals surface area contributed by atoms with Crippen molar-refractivity contribution in [2.75, 3.05) is 22.7 Å². The van der Waals surface area contributed by atoms with Crippen molar-refractivity contribution in [1.82, 2.24) is 5.32 Å². The van der Waals surface area contributed by atoms with E-state index in [0.29, 0.717) is 29.9 Å². The van der Waals surface area contributed by atoms with E-state index < -0.39 is 27.9 Å². The Labute approximate surface area is 195 Å². The lowest BCUT2D eigenvalue weighted by Crippen LogP contribution is -2.37. The van der Waals surface area contributed by atoms with Crippen LogP contribution in [0.5, 0.6) is 0 Å². The second-order valence-corrected chi connectivity index (χ2v) is 10.6. The van der Waals surface area contributed by atoms with Gasteiger partial charge in [0.15, 0.2) is 0 Å². The fourth-order valence-electron chi connectivity index (χ4n) is 3.61. The lowest BCUT2D eigenvalue weighted by atomic mass is 10.0. The van der Waals surface area contributed by atoms with Crippen molar-refractivity contribution in [3.8, 4) is 0 Å². The third-order valence-corrected chi connectivity index (χ3v) is 8.48. The topological polar surface area (TPSA) is 129 Å². The van der Waals surface area contributed by atoms with Gasteiger partial charge in [-0.1, -0.05) is 12.1 Å². The van der Waals surface area contributed by atoms with Crippen molar-refractivity contribution in [3.05, 3.63) is 65.4 Å². The minimum atomic E-state index is -3.70. The molecular formula is C22H23N3O6S2. The molecule has 174 valence electrons. The maximum atomic E-state index is 13.1. The third-order valence-electron chi connectivity index (χ3n) is 5.30. The molecule has 0 radical (unpaired) electrons. The average Bonchev–Trinajstić information content (AvgIpc) is 3.53. The van der Waals surface area contributed by atoms with E-state index >= 15 is 0 Å². The molecule has 3 N–H and O–H groups in total. The van der Waals surface area contributed by atoms with Crippen molar-refractivity contribution >= 4 is 44.5 Å². The van der Waals surface area contributed by atoms with Crippen molar-refractivity contribution in [3.63, 3.8) is 0 Å². The molecule has 3 aromatic rings. The average molecular weight is 490 g/mol. The van der Waals surface area contributed by atoms with Crippen LogP contribution in [0.4, 0.5) is 11.4 Å². The number of amides is 2. The number of carbonyl (C=O) groups is 2. The maximum Gasteiger partial charge on any atom is 0.313 e. The van der Waals surface area contributed by atoms with Gasteiger partial charge in [0.1, 0.15) is 4.21 Å². The number of hydrogen-bond donors (Lipinski definition) is 3. The van der Waals surface area contributed by atoms with Gasteiger partial charge in [-0.2, -0.15) is 0 Å². The monoisotopic (exact) mass is 489 g/mol. The number of rotatable bonds is 7. The van der Waals surface area contributed by atoms with E-state index in [0.717, 1.165) is 23.3 Å². The van der Waals surface area contributed by atoms with E-state index in [-0.39, 0.29) is 17.2 Å². The summed E-state index contributed by atoms with van der Waals surface area (Å²) in [5, 5.41) is 16.7. The Morgan fingerprint density at radius 2 is 2.06 bits per heavy atom. The number of sulfonamides is 1. The van der Waals surface area contributed by atoms with Gasteiger partial charge in [0.2, 0.25) is 0 Å². The molecule has 0 saturated carbocycles. The van der Waals surface area contributed by atoms with Gasteiger partial charge >= 0.3 is 11.8 Å². The Bertz CT molecular complexity index is 1220. The maximum absolute atomic E-state index is 13.1. The SMILES string of the molecule is O=C(NCCC(O)c1ccoc1)C(=O)Nc1ccc2c(c1)N(S(=O)(=O)c1cccs1)CCC2. The van der Waals surface area contributed by atoms with Crippen LogP contribution >= 0.6 is 11.3 Å². The van der Waals surface area contributed by atoms with Gasteiger partial charge in [-0.25, -0.2) is 8.42 Å². The number of aliphatic hydroxyl groups is 1. The molecule has 33 heavy (non-hydrogen) atoms. The van der Waals surface area contributed by atoms with Crippen molar-refractivity contribution in [2.45, 2.75) is 29.6 Å². The van der Waals surface area contributed by atoms with Gasteiger partial charge in [0.05, 0.1) is 24.3 Å². The molecule has 2 aromatic heterocycles. The number of aryl methyl sites for hydroxylation is 1. The van der Waals surface area contributed by atoms with Crippen LogP contribution in [0.25, 0.3) is 0 Å². The molecule has 9 nitrogen and oxygen atoms in total. The second-order valence-electron chi connectivity index (χ2n) is 7.53. The predicted octanol–water partition coefficient (Wildman–Crippen LogP) is 2.66. The molecule has 1 aliphatic heterocycles. The Balaban J connectivity index is 1.41. The number of fused-ring (bicyclic) bond motifs is 1. The van der Waals surface area contributed by atoms with E-state index in [2.05, 4.69) is 10.6 Å². The third kappa shape index (κ3) is 5.10. The summed E-state index contributed by atoms with van der Waals surface area (Å²) in [6.07, 6.45) is 3.67. The van der Waals surface area contributed by atoms with Crippen LogP contribution in [-0.4, -0.2) is 38.4 Å². The summed E-state index contributed by atoms with van der Waals surface area (Å²) < 4.78 is 32.6. The number of nitrogens with one attached hydrogen (secondary N) is 2. The predicted molar refractivity (Wildman–Crippen MR) is 124 cm³/mol. The molecule has 1 aromatic carbocycles. The number of thiophene rings is 1. The first-order valence-corrected chi connectivity index (χ1v) is 12.7. The highest BCUT2D eigenvalue weighted by atomic mass is 32.2. The van der Waals surface area contributed by atoms with Crippen LogP contribution < -0.4 is 14.9 Å². The van der Waals surface area contributed by atoms with E-state index in [1.165, 1.54) is 16.8 Å². The molecule has 0 bridgehead atoms. The molecule has 3 heterocycles. The molecule has 1 aliphatic rings. The molecule has 0 spiro atoms. The number of nitrogens with zero attached hydrogens (tertiary/aromatic N) is 1. The number of benzene rings is 1. The minimum Gasteiger partial charge on any atom is -0.472 e. The van der Waals surface area contributed by atoms with Crippen LogP contribution in [0.3, 0.4) is 0 Å². The van der Waals surface area contributed by atoms with Gasteiger partial charge in [0.25, 0.3) is 10.0 Å². The van der Waals surface area contributed by atoms with E-state index in [1.54, 1.807) is 41.8 Å². The molecule has 11 heteroatoms. The van der Waals surface area contributed by atoms with Crippen LogP contribution in [0.15, 0.2) is 62.9 Å². The summed E-state index contributed by atoms with van der Waals surface area (Å²) in [5.74, 6) is -1.73. The Morgan fingerprint density at radius 3 is 2.79 bits per heavy atom. The number of anilines is 2. The van der Waals surface area contributed by atoms with Gasteiger partial charge < -0.3 is 20.2 Å². The van der Waals surface area contributed by atoms with Crippen LogP contribution in [0.2, 0.25) is 0 Å². The first-order valence-electron chi connectivity index (χ1n) is 10.3. The second kappa shape index (κ2) is 9.77. The van der Waals surface area contributed by atoms with E-state index in [4.69, 9.17) is 4.42 Å². The largest absolute Gasteiger partial charge is 0.472 e. The zero-order valence-corrected chi connectivity index (χ0v) is 19.2.